The van der Waals surface area contributed by atoms with Crippen molar-refractivity contribution in [3.8, 4) is 0 Å². The van der Waals surface area contributed by atoms with E-state index < -0.39 is 15.9 Å². The van der Waals surface area contributed by atoms with Crippen LogP contribution in [-0.4, -0.2) is 27.1 Å². The van der Waals surface area contributed by atoms with Crippen molar-refractivity contribution in [3.63, 3.8) is 0 Å². The summed E-state index contributed by atoms with van der Waals surface area (Å²) in [6.07, 6.45) is 1.07. The van der Waals surface area contributed by atoms with E-state index in [0.29, 0.717) is 5.69 Å². The molecule has 1 unspecified atom stereocenters. The first-order valence-electron chi connectivity index (χ1n) is 8.17. The molecule has 0 saturated carbocycles. The topological polar surface area (TPSA) is 66.5 Å². The molecular formula is C19H23FN2O3S. The van der Waals surface area contributed by atoms with Gasteiger partial charge in [0.25, 0.3) is 0 Å². The third-order valence-electron chi connectivity index (χ3n) is 4.06. The Morgan fingerprint density at radius 1 is 1.15 bits per heavy atom. The molecule has 2 rings (SSSR count). The van der Waals surface area contributed by atoms with Crippen LogP contribution in [-0.2, 0) is 14.8 Å². The number of hydrogen-bond donors (Lipinski definition) is 1. The standard InChI is InChI=1S/C19H23FN2O3S/c1-13-5-10-18(14(2)11-13)22(26(4,24)25)12-19(23)21-15(3)16-6-8-17(20)9-7-16/h5-11,15H,12H2,1-4H3,(H,21,23). The van der Waals surface area contributed by atoms with Gasteiger partial charge in [-0.1, -0.05) is 29.8 Å². The number of carbonyl (C=O) groups excluding carboxylic acids is 1. The lowest BCUT2D eigenvalue weighted by Gasteiger charge is -2.25. The SMILES string of the molecule is Cc1ccc(N(CC(=O)NC(C)c2ccc(F)cc2)S(C)(=O)=O)c(C)c1. The lowest BCUT2D eigenvalue weighted by molar-refractivity contribution is -0.120. The molecule has 0 aliphatic heterocycles. The van der Waals surface area contributed by atoms with Crippen LogP contribution in [0.3, 0.4) is 0 Å². The highest BCUT2D eigenvalue weighted by Gasteiger charge is 2.23. The number of sulfonamides is 1. The van der Waals surface area contributed by atoms with Crippen molar-refractivity contribution in [3.05, 3.63) is 65.0 Å². The fourth-order valence-corrected chi connectivity index (χ4v) is 3.63. The monoisotopic (exact) mass is 378 g/mol. The number of nitrogens with zero attached hydrogens (tertiary/aromatic N) is 1. The molecule has 140 valence electrons. The molecule has 0 saturated heterocycles. The summed E-state index contributed by atoms with van der Waals surface area (Å²) < 4.78 is 38.5. The van der Waals surface area contributed by atoms with Gasteiger partial charge in [0, 0.05) is 0 Å². The van der Waals surface area contributed by atoms with Crippen molar-refractivity contribution in [1.82, 2.24) is 5.32 Å². The van der Waals surface area contributed by atoms with Gasteiger partial charge >= 0.3 is 0 Å². The Balaban J connectivity index is 2.18. The van der Waals surface area contributed by atoms with E-state index in [9.17, 15) is 17.6 Å². The molecule has 2 aromatic carbocycles. The first-order valence-corrected chi connectivity index (χ1v) is 10.0. The molecule has 0 heterocycles. The Labute approximate surface area is 153 Å². The molecule has 0 fully saturated rings. The van der Waals surface area contributed by atoms with Crippen LogP contribution in [0.15, 0.2) is 42.5 Å². The Hall–Kier alpha value is -2.41. The number of halogens is 1. The van der Waals surface area contributed by atoms with E-state index in [1.807, 2.05) is 13.0 Å². The van der Waals surface area contributed by atoms with E-state index in [0.717, 1.165) is 27.3 Å². The average Bonchev–Trinajstić information content (AvgIpc) is 2.53. The normalized spacial score (nSPS) is 12.5. The first-order chi connectivity index (χ1) is 12.1. The first kappa shape index (κ1) is 19.9. The van der Waals surface area contributed by atoms with Crippen molar-refractivity contribution >= 4 is 21.6 Å². The maximum absolute atomic E-state index is 13.0. The lowest BCUT2D eigenvalue weighted by atomic mass is 10.1. The van der Waals surface area contributed by atoms with Gasteiger partial charge in [0.1, 0.15) is 12.4 Å². The van der Waals surface area contributed by atoms with Crippen molar-refractivity contribution in [2.75, 3.05) is 17.1 Å². The molecule has 0 aliphatic rings. The summed E-state index contributed by atoms with van der Waals surface area (Å²) in [5, 5.41) is 2.75. The van der Waals surface area contributed by atoms with Crippen molar-refractivity contribution in [2.45, 2.75) is 26.8 Å². The molecule has 2 aromatic rings. The summed E-state index contributed by atoms with van der Waals surface area (Å²) in [5.41, 5.74) is 2.99. The molecule has 0 spiro atoms. The minimum atomic E-state index is -3.63. The highest BCUT2D eigenvalue weighted by atomic mass is 32.2. The summed E-state index contributed by atoms with van der Waals surface area (Å²) in [4.78, 5) is 12.4. The van der Waals surface area contributed by atoms with Crippen molar-refractivity contribution < 1.29 is 17.6 Å². The fourth-order valence-electron chi connectivity index (χ4n) is 2.72. The number of anilines is 1. The van der Waals surface area contributed by atoms with Gasteiger partial charge in [0.2, 0.25) is 15.9 Å². The number of amides is 1. The van der Waals surface area contributed by atoms with Gasteiger partial charge in [-0.05, 0) is 50.1 Å². The van der Waals surface area contributed by atoms with E-state index in [1.165, 1.54) is 12.1 Å². The van der Waals surface area contributed by atoms with Crippen LogP contribution in [0, 0.1) is 19.7 Å². The predicted octanol–water partition coefficient (Wildman–Crippen LogP) is 3.09. The van der Waals surface area contributed by atoms with Gasteiger partial charge in [0.05, 0.1) is 18.0 Å². The van der Waals surface area contributed by atoms with Crippen LogP contribution in [0.5, 0.6) is 0 Å². The zero-order chi connectivity index (χ0) is 19.5. The smallest absolute Gasteiger partial charge is 0.241 e. The summed E-state index contributed by atoms with van der Waals surface area (Å²) in [5.74, 6) is -0.794. The quantitative estimate of drug-likeness (QED) is 0.840. The van der Waals surface area contributed by atoms with Crippen LogP contribution in [0.1, 0.15) is 29.7 Å². The molecule has 0 aliphatic carbocycles. The summed E-state index contributed by atoms with van der Waals surface area (Å²) in [6, 6.07) is 10.8. The van der Waals surface area contributed by atoms with Gasteiger partial charge in [-0.25, -0.2) is 12.8 Å². The Kier molecular flexibility index (Phi) is 6.02. The largest absolute Gasteiger partial charge is 0.348 e. The van der Waals surface area contributed by atoms with Crippen LogP contribution in [0.2, 0.25) is 0 Å². The highest BCUT2D eigenvalue weighted by molar-refractivity contribution is 7.92. The third-order valence-corrected chi connectivity index (χ3v) is 5.18. The second kappa shape index (κ2) is 7.86. The predicted molar refractivity (Wildman–Crippen MR) is 101 cm³/mol. The molecule has 7 heteroatoms. The Morgan fingerprint density at radius 2 is 1.77 bits per heavy atom. The van der Waals surface area contributed by atoms with Gasteiger partial charge < -0.3 is 5.32 Å². The molecular weight excluding hydrogens is 355 g/mol. The summed E-state index contributed by atoms with van der Waals surface area (Å²) in [6.45, 7) is 5.15. The van der Waals surface area contributed by atoms with Crippen LogP contribution in [0.25, 0.3) is 0 Å². The van der Waals surface area contributed by atoms with Gasteiger partial charge in [0.15, 0.2) is 0 Å². The molecule has 0 bridgehead atoms. The number of carbonyl (C=O) groups is 1. The fraction of sp³-hybridized carbons (Fsp3) is 0.316. The number of hydrogen-bond acceptors (Lipinski definition) is 3. The van der Waals surface area contributed by atoms with E-state index in [2.05, 4.69) is 5.32 Å². The number of rotatable bonds is 6. The summed E-state index contributed by atoms with van der Waals surface area (Å²) >= 11 is 0. The number of nitrogens with one attached hydrogen (secondary N) is 1. The third kappa shape index (κ3) is 5.05. The molecule has 1 amide bonds. The second-order valence-electron chi connectivity index (χ2n) is 6.40. The van der Waals surface area contributed by atoms with Crippen LogP contribution >= 0.6 is 0 Å². The zero-order valence-electron chi connectivity index (χ0n) is 15.3. The average molecular weight is 378 g/mol. The number of aryl methyl sites for hydroxylation is 2. The molecule has 1 N–H and O–H groups in total. The van der Waals surface area contributed by atoms with Crippen LogP contribution in [0.4, 0.5) is 10.1 Å². The van der Waals surface area contributed by atoms with E-state index in [4.69, 9.17) is 0 Å². The van der Waals surface area contributed by atoms with Gasteiger partial charge in [-0.15, -0.1) is 0 Å². The lowest BCUT2D eigenvalue weighted by Crippen LogP contribution is -2.41. The van der Waals surface area contributed by atoms with Gasteiger partial charge in [-0.3, -0.25) is 9.10 Å². The zero-order valence-corrected chi connectivity index (χ0v) is 16.1. The van der Waals surface area contributed by atoms with Gasteiger partial charge in [-0.2, -0.15) is 0 Å². The molecule has 0 radical (unpaired) electrons. The van der Waals surface area contributed by atoms with Crippen LogP contribution < -0.4 is 9.62 Å². The minimum Gasteiger partial charge on any atom is -0.348 e. The molecule has 1 atom stereocenters. The maximum atomic E-state index is 13.0. The molecule has 0 aromatic heterocycles. The maximum Gasteiger partial charge on any atom is 0.241 e. The molecule has 26 heavy (non-hydrogen) atoms. The van der Waals surface area contributed by atoms with E-state index >= 15 is 0 Å². The number of benzene rings is 2. The minimum absolute atomic E-state index is 0.325. The second-order valence-corrected chi connectivity index (χ2v) is 8.31. The van der Waals surface area contributed by atoms with Crippen molar-refractivity contribution in [2.24, 2.45) is 0 Å². The Bertz CT molecular complexity index is 896. The van der Waals surface area contributed by atoms with Crippen molar-refractivity contribution in [1.29, 1.82) is 0 Å². The summed E-state index contributed by atoms with van der Waals surface area (Å²) in [7, 11) is -3.63. The van der Waals surface area contributed by atoms with E-state index in [-0.39, 0.29) is 18.4 Å². The van der Waals surface area contributed by atoms with E-state index in [1.54, 1.807) is 38.1 Å². The molecule has 5 nitrogen and oxygen atoms in total. The highest BCUT2D eigenvalue weighted by Crippen LogP contribution is 2.23. The Morgan fingerprint density at radius 3 is 2.31 bits per heavy atom.